The van der Waals surface area contributed by atoms with Gasteiger partial charge in [-0.3, -0.25) is 0 Å². The Bertz CT molecular complexity index is 1180. The molecule has 0 saturated heterocycles. The fourth-order valence-electron chi connectivity index (χ4n) is 2.10. The molecule has 1 nitrogen and oxygen atoms in total. The molecule has 0 bridgehead atoms. The molecule has 0 fully saturated rings. The van der Waals surface area contributed by atoms with E-state index in [4.69, 9.17) is 12.6 Å². The van der Waals surface area contributed by atoms with E-state index >= 15 is 0 Å². The maximum atomic E-state index is 8.34. The Morgan fingerprint density at radius 1 is 1.00 bits per heavy atom. The molecule has 0 aliphatic heterocycles. The predicted molar refractivity (Wildman–Crippen MR) is 78.9 cm³/mol. The summed E-state index contributed by atoms with van der Waals surface area (Å²) in [6.07, 6.45) is 0. The fourth-order valence-corrected chi connectivity index (χ4v) is 2.65. The van der Waals surface area contributed by atoms with E-state index in [0.29, 0.717) is 20.8 Å². The van der Waals surface area contributed by atoms with E-state index in [2.05, 4.69) is 15.9 Å². The molecule has 0 radical (unpaired) electrons. The molecular weight excluding hydrogens is 288 g/mol. The summed E-state index contributed by atoms with van der Waals surface area (Å²) in [5, 5.41) is 1.15. The van der Waals surface area contributed by atoms with Crippen LogP contribution < -0.4 is 0 Å². The van der Waals surface area contributed by atoms with Crippen LogP contribution in [0.5, 0.6) is 0 Å². The second kappa shape index (κ2) is 3.59. The van der Waals surface area contributed by atoms with Crippen LogP contribution in [0.1, 0.15) is 8.22 Å². The molecule has 18 heavy (non-hydrogen) atoms. The van der Waals surface area contributed by atoms with Gasteiger partial charge in [0.15, 0.2) is 0 Å². The van der Waals surface area contributed by atoms with Crippen LogP contribution in [0.15, 0.2) is 63.3 Å². The van der Waals surface area contributed by atoms with Crippen molar-refractivity contribution >= 4 is 48.6 Å². The van der Waals surface area contributed by atoms with E-state index in [9.17, 15) is 0 Å². The van der Waals surface area contributed by atoms with E-state index in [1.54, 1.807) is 18.2 Å². The number of hydrogen-bond donors (Lipinski definition) is 0. The Morgan fingerprint density at radius 2 is 1.89 bits per heavy atom. The molecule has 2 heteroatoms. The Kier molecular flexibility index (Phi) is 1.18. The largest absolute Gasteiger partial charge is 0.455 e. The van der Waals surface area contributed by atoms with E-state index in [0.717, 1.165) is 0 Å². The molecular formula is C16H9BrO. The first kappa shape index (κ1) is 5.89. The molecule has 0 unspecified atom stereocenters. The van der Waals surface area contributed by atoms with Crippen molar-refractivity contribution in [3.63, 3.8) is 0 Å². The lowest BCUT2D eigenvalue weighted by molar-refractivity contribution is 0.672. The van der Waals surface area contributed by atoms with Crippen molar-refractivity contribution in [2.45, 2.75) is 0 Å². The van der Waals surface area contributed by atoms with Gasteiger partial charge >= 0.3 is 0 Å². The number of halogens is 1. The van der Waals surface area contributed by atoms with Gasteiger partial charge in [-0.15, -0.1) is 0 Å². The molecule has 4 aromatic rings. The quantitative estimate of drug-likeness (QED) is 0.418. The number of furan rings is 1. The number of rotatable bonds is 0. The van der Waals surface area contributed by atoms with Crippen LogP contribution in [-0.2, 0) is 0 Å². The van der Waals surface area contributed by atoms with Gasteiger partial charge in [0.25, 0.3) is 0 Å². The third-order valence-corrected chi connectivity index (χ3v) is 3.55. The van der Waals surface area contributed by atoms with Crippen LogP contribution in [0.4, 0.5) is 0 Å². The Morgan fingerprint density at radius 3 is 2.83 bits per heavy atom. The first-order valence-corrected chi connectivity index (χ1v) is 6.13. The molecule has 0 amide bonds. The lowest BCUT2D eigenvalue weighted by Crippen LogP contribution is -1.73. The van der Waals surface area contributed by atoms with E-state index < -0.39 is 6.04 Å². The second-order valence-electron chi connectivity index (χ2n) is 3.92. The van der Waals surface area contributed by atoms with Crippen molar-refractivity contribution in [1.29, 1.82) is 0 Å². The first-order chi connectivity index (χ1) is 11.3. The van der Waals surface area contributed by atoms with Crippen molar-refractivity contribution < 1.29 is 12.6 Å². The molecule has 3 aromatic carbocycles. The monoisotopic (exact) mass is 302 g/mol. The van der Waals surface area contributed by atoms with Gasteiger partial charge in [0.05, 0.1) is 8.22 Å². The number of hydrogen-bond acceptors (Lipinski definition) is 1. The minimum Gasteiger partial charge on any atom is -0.455 e. The Balaban J connectivity index is 2.45. The molecule has 0 spiro atoms. The van der Waals surface area contributed by atoms with Crippen LogP contribution in [0, 0.1) is 0 Å². The summed E-state index contributed by atoms with van der Waals surface area (Å²) < 4.78 is 55.1. The van der Waals surface area contributed by atoms with Gasteiger partial charge in [-0.1, -0.05) is 52.2 Å². The summed E-state index contributed by atoms with van der Waals surface area (Å²) in [7, 11) is 0. The van der Waals surface area contributed by atoms with E-state index in [1.807, 2.05) is 0 Å². The maximum Gasteiger partial charge on any atom is 0.143 e. The molecule has 4 rings (SSSR count). The topological polar surface area (TPSA) is 13.1 Å². The van der Waals surface area contributed by atoms with Gasteiger partial charge in [-0.2, -0.15) is 0 Å². The number of benzene rings is 3. The molecule has 0 aliphatic rings. The summed E-state index contributed by atoms with van der Waals surface area (Å²) >= 11 is 3.42. The van der Waals surface area contributed by atoms with Crippen LogP contribution in [0.25, 0.3) is 32.7 Å². The minimum absolute atomic E-state index is 0.00804. The van der Waals surface area contributed by atoms with Crippen molar-refractivity contribution in [2.24, 2.45) is 0 Å². The van der Waals surface area contributed by atoms with E-state index in [-0.39, 0.29) is 46.6 Å². The van der Waals surface area contributed by atoms with Crippen LogP contribution in [-0.4, -0.2) is 0 Å². The van der Waals surface area contributed by atoms with Gasteiger partial charge in [0, 0.05) is 20.6 Å². The van der Waals surface area contributed by atoms with Crippen molar-refractivity contribution in [1.82, 2.24) is 0 Å². The van der Waals surface area contributed by atoms with Gasteiger partial charge in [0.1, 0.15) is 11.2 Å². The van der Waals surface area contributed by atoms with Gasteiger partial charge < -0.3 is 4.42 Å². The Hall–Kier alpha value is -1.80. The van der Waals surface area contributed by atoms with E-state index in [1.165, 1.54) is 0 Å². The smallest absolute Gasteiger partial charge is 0.143 e. The van der Waals surface area contributed by atoms with Gasteiger partial charge in [-0.05, 0) is 23.6 Å². The number of fused-ring (bicyclic) bond motifs is 5. The highest BCUT2D eigenvalue weighted by molar-refractivity contribution is 9.10. The molecule has 1 aromatic heterocycles. The van der Waals surface area contributed by atoms with Gasteiger partial charge in [0.2, 0.25) is 0 Å². The highest BCUT2D eigenvalue weighted by Gasteiger charge is 2.11. The summed E-state index contributed by atoms with van der Waals surface area (Å²) in [6.45, 7) is 0. The third kappa shape index (κ3) is 1.27. The van der Waals surface area contributed by atoms with Crippen molar-refractivity contribution in [3.05, 3.63) is 58.9 Å². The predicted octanol–water partition coefficient (Wildman–Crippen LogP) is 5.50. The van der Waals surface area contributed by atoms with Crippen molar-refractivity contribution in [3.8, 4) is 0 Å². The Labute approximate surface area is 121 Å². The molecule has 1 heterocycles. The summed E-state index contributed by atoms with van der Waals surface area (Å²) in [4.78, 5) is 0. The van der Waals surface area contributed by atoms with Crippen LogP contribution in [0.2, 0.25) is 0 Å². The summed E-state index contributed by atoms with van der Waals surface area (Å²) in [5.41, 5.74) is 0.701. The highest BCUT2D eigenvalue weighted by atomic mass is 79.9. The summed E-state index contributed by atoms with van der Waals surface area (Å²) in [6, 6.07) is 3.55. The zero-order valence-electron chi connectivity index (χ0n) is 15.0. The van der Waals surface area contributed by atoms with Gasteiger partial charge in [-0.25, -0.2) is 0 Å². The molecule has 0 atom stereocenters. The van der Waals surface area contributed by atoms with Crippen molar-refractivity contribution in [2.75, 3.05) is 0 Å². The molecule has 86 valence electrons. The lowest BCUT2D eigenvalue weighted by Gasteiger charge is -1.97. The third-order valence-electron chi connectivity index (χ3n) is 2.89. The first-order valence-electron chi connectivity index (χ1n) is 8.34. The second-order valence-corrected chi connectivity index (χ2v) is 4.77. The van der Waals surface area contributed by atoms with Crippen LogP contribution in [0.3, 0.4) is 0 Å². The van der Waals surface area contributed by atoms with Crippen LogP contribution >= 0.6 is 15.9 Å². The SMILES string of the molecule is [2H]c1c([2H])c([2H])c2c(c1[2H])c([2H])c([2H])c1c2oc2cccc(Br)c21. The highest BCUT2D eigenvalue weighted by Crippen LogP contribution is 2.37. The standard InChI is InChI=1S/C16H9BrO/c17-13-6-3-7-14-15(13)12-9-8-10-4-1-2-5-11(10)16(12)18-14/h1-9H/i1D,2D,4D,5D,8D,9D. The fraction of sp³-hybridized carbons (Fsp3) is 0. The zero-order chi connectivity index (χ0) is 17.3. The summed E-state index contributed by atoms with van der Waals surface area (Å²) in [5.74, 6) is 0. The molecule has 0 N–H and O–H groups in total. The molecule has 0 saturated carbocycles. The molecule has 0 aliphatic carbocycles. The normalized spacial score (nSPS) is 16.3. The lowest BCUT2D eigenvalue weighted by atomic mass is 10.1. The maximum absolute atomic E-state index is 8.34. The zero-order valence-corrected chi connectivity index (χ0v) is 10.6. The average Bonchev–Trinajstić information content (AvgIpc) is 2.95. The minimum atomic E-state index is -0.419. The average molecular weight is 303 g/mol.